The molecule has 0 atom stereocenters. The zero-order valence-electron chi connectivity index (χ0n) is 10.8. The summed E-state index contributed by atoms with van der Waals surface area (Å²) in [6.07, 6.45) is 0. The van der Waals surface area contributed by atoms with Gasteiger partial charge in [-0.05, 0) is 50.3 Å². The molecule has 0 saturated heterocycles. The second-order valence-corrected chi connectivity index (χ2v) is 4.77. The van der Waals surface area contributed by atoms with Gasteiger partial charge in [0.05, 0.1) is 0 Å². The second kappa shape index (κ2) is 5.80. The van der Waals surface area contributed by atoms with Crippen LogP contribution in [0.1, 0.15) is 11.1 Å². The molecule has 2 aromatic carbocycles. The van der Waals surface area contributed by atoms with Gasteiger partial charge in [-0.25, -0.2) is 4.39 Å². The Balaban J connectivity index is 2.05. The van der Waals surface area contributed by atoms with Gasteiger partial charge in [-0.2, -0.15) is 0 Å². The van der Waals surface area contributed by atoms with Gasteiger partial charge in [0.1, 0.15) is 5.82 Å². The van der Waals surface area contributed by atoms with Crippen molar-refractivity contribution >= 4 is 28.7 Å². The normalized spacial score (nSPS) is 10.1. The van der Waals surface area contributed by atoms with E-state index in [1.807, 2.05) is 31.2 Å². The van der Waals surface area contributed by atoms with E-state index in [0.717, 1.165) is 5.69 Å². The lowest BCUT2D eigenvalue weighted by Crippen LogP contribution is -2.19. The van der Waals surface area contributed by atoms with E-state index in [0.29, 0.717) is 16.4 Å². The maximum atomic E-state index is 13.4. The van der Waals surface area contributed by atoms with Gasteiger partial charge in [-0.3, -0.25) is 0 Å². The molecule has 4 heteroatoms. The fourth-order valence-corrected chi connectivity index (χ4v) is 1.89. The first kappa shape index (κ1) is 13.5. The van der Waals surface area contributed by atoms with E-state index in [-0.39, 0.29) is 5.82 Å². The van der Waals surface area contributed by atoms with Crippen molar-refractivity contribution < 1.29 is 4.39 Å². The summed E-state index contributed by atoms with van der Waals surface area (Å²) in [6.45, 7) is 3.74. The van der Waals surface area contributed by atoms with Crippen LogP contribution in [-0.4, -0.2) is 5.11 Å². The van der Waals surface area contributed by atoms with Gasteiger partial charge in [0, 0.05) is 16.9 Å². The van der Waals surface area contributed by atoms with Crippen molar-refractivity contribution in [3.63, 3.8) is 0 Å². The van der Waals surface area contributed by atoms with Crippen LogP contribution in [0.25, 0.3) is 0 Å². The summed E-state index contributed by atoms with van der Waals surface area (Å²) in [7, 11) is 0. The highest BCUT2D eigenvalue weighted by molar-refractivity contribution is 7.80. The topological polar surface area (TPSA) is 24.1 Å². The maximum absolute atomic E-state index is 13.4. The largest absolute Gasteiger partial charge is 0.332 e. The van der Waals surface area contributed by atoms with E-state index < -0.39 is 0 Å². The van der Waals surface area contributed by atoms with Crippen molar-refractivity contribution in [1.82, 2.24) is 0 Å². The Hall–Kier alpha value is -1.94. The highest BCUT2D eigenvalue weighted by atomic mass is 32.1. The van der Waals surface area contributed by atoms with E-state index in [1.54, 1.807) is 19.1 Å². The molecular formula is C15H15FN2S. The number of aryl methyl sites for hydroxylation is 1. The summed E-state index contributed by atoms with van der Waals surface area (Å²) in [5.74, 6) is -0.247. The number of hydrogen-bond donors (Lipinski definition) is 2. The van der Waals surface area contributed by atoms with Crippen LogP contribution < -0.4 is 10.6 Å². The minimum absolute atomic E-state index is 0.247. The number of thiocarbonyl (C=S) groups is 1. The highest BCUT2D eigenvalue weighted by Gasteiger charge is 2.05. The monoisotopic (exact) mass is 274 g/mol. The zero-order valence-corrected chi connectivity index (χ0v) is 11.6. The number of halogens is 1. The highest BCUT2D eigenvalue weighted by Crippen LogP contribution is 2.18. The molecule has 0 fully saturated rings. The summed E-state index contributed by atoms with van der Waals surface area (Å²) >= 11 is 5.21. The molecular weight excluding hydrogens is 259 g/mol. The Kier molecular flexibility index (Phi) is 4.12. The smallest absolute Gasteiger partial charge is 0.175 e. The summed E-state index contributed by atoms with van der Waals surface area (Å²) in [6, 6.07) is 12.8. The van der Waals surface area contributed by atoms with Gasteiger partial charge in [0.25, 0.3) is 0 Å². The van der Waals surface area contributed by atoms with Crippen molar-refractivity contribution in [2.75, 3.05) is 10.6 Å². The molecule has 0 amide bonds. The van der Waals surface area contributed by atoms with Crippen LogP contribution in [0, 0.1) is 19.7 Å². The van der Waals surface area contributed by atoms with Crippen molar-refractivity contribution in [1.29, 1.82) is 0 Å². The predicted molar refractivity (Wildman–Crippen MR) is 82.2 cm³/mol. The van der Waals surface area contributed by atoms with Gasteiger partial charge >= 0.3 is 0 Å². The van der Waals surface area contributed by atoms with E-state index in [1.165, 1.54) is 11.6 Å². The Morgan fingerprint density at radius 1 is 1.00 bits per heavy atom. The number of rotatable bonds is 2. The lowest BCUT2D eigenvalue weighted by Gasteiger charge is -2.13. The summed E-state index contributed by atoms with van der Waals surface area (Å²) < 4.78 is 13.4. The van der Waals surface area contributed by atoms with Crippen molar-refractivity contribution in [3.05, 3.63) is 59.4 Å². The third kappa shape index (κ3) is 3.51. The third-order valence-electron chi connectivity index (χ3n) is 2.83. The minimum Gasteiger partial charge on any atom is -0.332 e. The van der Waals surface area contributed by atoms with Gasteiger partial charge < -0.3 is 10.6 Å². The molecule has 0 heterocycles. The Bertz CT molecular complexity index is 594. The molecule has 0 aromatic heterocycles. The fraction of sp³-hybridized carbons (Fsp3) is 0.133. The van der Waals surface area contributed by atoms with Gasteiger partial charge in [-0.1, -0.05) is 23.8 Å². The lowest BCUT2D eigenvalue weighted by molar-refractivity contribution is 0.619. The molecule has 98 valence electrons. The van der Waals surface area contributed by atoms with Gasteiger partial charge in [0.2, 0.25) is 0 Å². The number of anilines is 2. The first-order valence-corrected chi connectivity index (χ1v) is 6.37. The van der Waals surface area contributed by atoms with E-state index in [9.17, 15) is 4.39 Å². The summed E-state index contributed by atoms with van der Waals surface area (Å²) in [5, 5.41) is 6.50. The van der Waals surface area contributed by atoms with Crippen molar-refractivity contribution in [3.8, 4) is 0 Å². The van der Waals surface area contributed by atoms with Crippen LogP contribution in [0.2, 0.25) is 0 Å². The molecule has 2 rings (SSSR count). The average Bonchev–Trinajstić information content (AvgIpc) is 2.38. The van der Waals surface area contributed by atoms with E-state index in [2.05, 4.69) is 10.6 Å². The van der Waals surface area contributed by atoms with Crippen molar-refractivity contribution in [2.24, 2.45) is 0 Å². The molecule has 0 bridgehead atoms. The standard InChI is InChI=1S/C15H15FN2S/c1-10-6-8-12(9-7-10)17-15(19)18-14-5-3-4-13(16)11(14)2/h3-9H,1-2H3,(H2,17,18,19). The molecule has 0 aliphatic carbocycles. The van der Waals surface area contributed by atoms with Crippen molar-refractivity contribution in [2.45, 2.75) is 13.8 Å². The zero-order chi connectivity index (χ0) is 13.8. The Labute approximate surface area is 117 Å². The number of hydrogen-bond acceptors (Lipinski definition) is 1. The van der Waals surface area contributed by atoms with Crippen LogP contribution in [0.5, 0.6) is 0 Å². The van der Waals surface area contributed by atoms with Gasteiger partial charge in [0.15, 0.2) is 5.11 Å². The van der Waals surface area contributed by atoms with Crippen LogP contribution in [0.3, 0.4) is 0 Å². The fourth-order valence-electron chi connectivity index (χ4n) is 1.66. The average molecular weight is 274 g/mol. The van der Waals surface area contributed by atoms with E-state index in [4.69, 9.17) is 12.2 Å². The quantitative estimate of drug-likeness (QED) is 0.800. The lowest BCUT2D eigenvalue weighted by atomic mass is 10.2. The minimum atomic E-state index is -0.247. The number of benzene rings is 2. The molecule has 0 unspecified atom stereocenters. The molecule has 0 radical (unpaired) electrons. The molecule has 19 heavy (non-hydrogen) atoms. The first-order chi connectivity index (χ1) is 9.06. The van der Waals surface area contributed by atoms with Crippen LogP contribution >= 0.6 is 12.2 Å². The van der Waals surface area contributed by atoms with Crippen LogP contribution in [0.4, 0.5) is 15.8 Å². The SMILES string of the molecule is Cc1ccc(NC(=S)Nc2cccc(F)c2C)cc1. The molecule has 2 aromatic rings. The molecule has 2 nitrogen and oxygen atoms in total. The van der Waals surface area contributed by atoms with Crippen LogP contribution in [0.15, 0.2) is 42.5 Å². The van der Waals surface area contributed by atoms with Crippen LogP contribution in [-0.2, 0) is 0 Å². The predicted octanol–water partition coefficient (Wildman–Crippen LogP) is 4.25. The summed E-state index contributed by atoms with van der Waals surface area (Å²) in [4.78, 5) is 0. The first-order valence-electron chi connectivity index (χ1n) is 5.96. The molecule has 0 spiro atoms. The molecule has 0 aliphatic heterocycles. The second-order valence-electron chi connectivity index (χ2n) is 4.36. The summed E-state index contributed by atoms with van der Waals surface area (Å²) in [5.41, 5.74) is 3.31. The molecule has 0 saturated carbocycles. The maximum Gasteiger partial charge on any atom is 0.175 e. The van der Waals surface area contributed by atoms with Gasteiger partial charge in [-0.15, -0.1) is 0 Å². The molecule has 2 N–H and O–H groups in total. The number of nitrogens with one attached hydrogen (secondary N) is 2. The molecule has 0 aliphatic rings. The third-order valence-corrected chi connectivity index (χ3v) is 3.03. The Morgan fingerprint density at radius 2 is 1.68 bits per heavy atom. The van der Waals surface area contributed by atoms with E-state index >= 15 is 0 Å². The Morgan fingerprint density at radius 3 is 2.37 bits per heavy atom.